The fourth-order valence-electron chi connectivity index (χ4n) is 2.84. The van der Waals surface area contributed by atoms with Gasteiger partial charge >= 0.3 is 0 Å². The van der Waals surface area contributed by atoms with Crippen LogP contribution in [0.1, 0.15) is 37.3 Å². The minimum absolute atomic E-state index is 0.0281. The standard InChI is InChI=1S/C15H15BrF2N2O/c16-11-3-1-2-10(8-11)12-13(20-21-14(12)19)9-4-6-15(17,18)7-5-9/h1-3,8-9H,4-7,19H2. The highest BCUT2D eigenvalue weighted by Crippen LogP contribution is 2.44. The molecule has 1 aromatic carbocycles. The van der Waals surface area contributed by atoms with Crippen LogP contribution in [0.3, 0.4) is 0 Å². The van der Waals surface area contributed by atoms with Crippen LogP contribution in [0.4, 0.5) is 14.7 Å². The zero-order valence-corrected chi connectivity index (χ0v) is 12.9. The smallest absolute Gasteiger partial charge is 0.248 e. The number of rotatable bonds is 2. The van der Waals surface area contributed by atoms with Gasteiger partial charge < -0.3 is 10.3 Å². The third-order valence-electron chi connectivity index (χ3n) is 3.96. The Hall–Kier alpha value is -1.43. The largest absolute Gasteiger partial charge is 0.367 e. The van der Waals surface area contributed by atoms with E-state index in [1.54, 1.807) is 0 Å². The molecule has 0 amide bonds. The fourth-order valence-corrected chi connectivity index (χ4v) is 3.24. The molecule has 0 atom stereocenters. The second-order valence-electron chi connectivity index (χ2n) is 5.45. The van der Waals surface area contributed by atoms with Gasteiger partial charge in [-0.1, -0.05) is 33.2 Å². The van der Waals surface area contributed by atoms with E-state index >= 15 is 0 Å². The van der Waals surface area contributed by atoms with Gasteiger partial charge in [-0.25, -0.2) is 8.78 Å². The van der Waals surface area contributed by atoms with E-state index in [1.807, 2.05) is 24.3 Å². The van der Waals surface area contributed by atoms with Gasteiger partial charge in [0.1, 0.15) is 0 Å². The van der Waals surface area contributed by atoms with Crippen molar-refractivity contribution in [3.63, 3.8) is 0 Å². The third-order valence-corrected chi connectivity index (χ3v) is 4.46. The normalized spacial score (nSPS) is 18.8. The number of nitrogen functional groups attached to an aromatic ring is 1. The van der Waals surface area contributed by atoms with Crippen LogP contribution in [0.25, 0.3) is 11.1 Å². The van der Waals surface area contributed by atoms with Crippen LogP contribution in [0, 0.1) is 0 Å². The lowest BCUT2D eigenvalue weighted by Crippen LogP contribution is -2.24. The van der Waals surface area contributed by atoms with Crippen LogP contribution < -0.4 is 5.73 Å². The van der Waals surface area contributed by atoms with Crippen LogP contribution in [-0.4, -0.2) is 11.1 Å². The topological polar surface area (TPSA) is 52.0 Å². The summed E-state index contributed by atoms with van der Waals surface area (Å²) in [6.45, 7) is 0. The summed E-state index contributed by atoms with van der Waals surface area (Å²) < 4.78 is 32.6. The molecule has 1 aromatic heterocycles. The van der Waals surface area contributed by atoms with Crippen molar-refractivity contribution in [2.24, 2.45) is 0 Å². The number of aromatic nitrogens is 1. The number of alkyl halides is 2. The van der Waals surface area contributed by atoms with Gasteiger partial charge in [-0.05, 0) is 30.5 Å². The molecule has 1 saturated carbocycles. The van der Waals surface area contributed by atoms with Crippen molar-refractivity contribution >= 4 is 21.8 Å². The molecular weight excluding hydrogens is 342 g/mol. The first-order valence-electron chi connectivity index (χ1n) is 6.85. The molecule has 21 heavy (non-hydrogen) atoms. The van der Waals surface area contributed by atoms with Crippen molar-refractivity contribution in [3.05, 3.63) is 34.4 Å². The number of nitrogens with zero attached hydrogens (tertiary/aromatic N) is 1. The fraction of sp³-hybridized carbons (Fsp3) is 0.400. The molecule has 0 unspecified atom stereocenters. The van der Waals surface area contributed by atoms with E-state index in [4.69, 9.17) is 10.3 Å². The monoisotopic (exact) mass is 356 g/mol. The van der Waals surface area contributed by atoms with E-state index in [0.717, 1.165) is 15.6 Å². The van der Waals surface area contributed by atoms with E-state index in [9.17, 15) is 8.78 Å². The Bertz CT molecular complexity index is 647. The maximum absolute atomic E-state index is 13.3. The maximum atomic E-state index is 13.3. The lowest BCUT2D eigenvalue weighted by molar-refractivity contribution is -0.0386. The van der Waals surface area contributed by atoms with Gasteiger partial charge in [0.05, 0.1) is 11.3 Å². The Balaban J connectivity index is 1.95. The molecule has 0 bridgehead atoms. The minimum Gasteiger partial charge on any atom is -0.367 e. The Morgan fingerprint density at radius 2 is 2.00 bits per heavy atom. The quantitative estimate of drug-likeness (QED) is 0.825. The minimum atomic E-state index is -2.55. The van der Waals surface area contributed by atoms with E-state index in [2.05, 4.69) is 21.1 Å². The van der Waals surface area contributed by atoms with Crippen LogP contribution in [0.5, 0.6) is 0 Å². The van der Waals surface area contributed by atoms with Crippen LogP contribution in [0.2, 0.25) is 0 Å². The summed E-state index contributed by atoms with van der Waals surface area (Å²) >= 11 is 3.42. The number of nitrogens with two attached hydrogens (primary N) is 1. The summed E-state index contributed by atoms with van der Waals surface area (Å²) in [4.78, 5) is 0. The van der Waals surface area contributed by atoms with E-state index in [1.165, 1.54) is 0 Å². The highest BCUT2D eigenvalue weighted by Gasteiger charge is 2.37. The Morgan fingerprint density at radius 3 is 2.67 bits per heavy atom. The molecular formula is C15H15BrF2N2O. The first-order valence-corrected chi connectivity index (χ1v) is 7.64. The van der Waals surface area contributed by atoms with E-state index in [-0.39, 0.29) is 24.6 Å². The zero-order valence-electron chi connectivity index (χ0n) is 11.3. The molecule has 0 spiro atoms. The average Bonchev–Trinajstić information content (AvgIpc) is 2.80. The zero-order chi connectivity index (χ0) is 15.0. The molecule has 6 heteroatoms. The van der Waals surface area contributed by atoms with Crippen LogP contribution in [0.15, 0.2) is 33.3 Å². The first kappa shape index (κ1) is 14.5. The summed E-state index contributed by atoms with van der Waals surface area (Å²) in [6.07, 6.45) is 0.588. The van der Waals surface area contributed by atoms with Crippen LogP contribution >= 0.6 is 15.9 Å². The SMILES string of the molecule is Nc1onc(C2CCC(F)(F)CC2)c1-c1cccc(Br)c1. The van der Waals surface area contributed by atoms with Crippen molar-refractivity contribution in [3.8, 4) is 11.1 Å². The summed E-state index contributed by atoms with van der Waals surface area (Å²) in [5, 5.41) is 4.03. The Labute approximate surface area is 129 Å². The third kappa shape index (κ3) is 2.95. The molecule has 0 aliphatic heterocycles. The second-order valence-corrected chi connectivity index (χ2v) is 6.36. The highest BCUT2D eigenvalue weighted by atomic mass is 79.9. The predicted molar refractivity (Wildman–Crippen MR) is 80.2 cm³/mol. The Kier molecular flexibility index (Phi) is 3.73. The van der Waals surface area contributed by atoms with Crippen molar-refractivity contribution in [1.29, 1.82) is 0 Å². The summed E-state index contributed by atoms with van der Waals surface area (Å²) in [5.41, 5.74) is 8.20. The van der Waals surface area contributed by atoms with E-state index in [0.29, 0.717) is 18.5 Å². The molecule has 3 nitrogen and oxygen atoms in total. The van der Waals surface area contributed by atoms with Crippen molar-refractivity contribution < 1.29 is 13.3 Å². The van der Waals surface area contributed by atoms with Gasteiger partial charge in [-0.3, -0.25) is 0 Å². The lowest BCUT2D eigenvalue weighted by atomic mass is 9.82. The molecule has 0 saturated heterocycles. The molecule has 1 aliphatic rings. The molecule has 1 heterocycles. The predicted octanol–water partition coefficient (Wildman–Crippen LogP) is 4.98. The lowest BCUT2D eigenvalue weighted by Gasteiger charge is -2.27. The van der Waals surface area contributed by atoms with Gasteiger partial charge in [0.25, 0.3) is 0 Å². The first-order chi connectivity index (χ1) is 9.96. The molecule has 2 N–H and O–H groups in total. The number of benzene rings is 1. The molecule has 1 aliphatic carbocycles. The molecule has 1 fully saturated rings. The Morgan fingerprint density at radius 1 is 1.29 bits per heavy atom. The number of hydrogen-bond donors (Lipinski definition) is 1. The molecule has 0 radical (unpaired) electrons. The van der Waals surface area contributed by atoms with Gasteiger partial charge in [-0.2, -0.15) is 0 Å². The van der Waals surface area contributed by atoms with E-state index < -0.39 is 5.92 Å². The second kappa shape index (κ2) is 5.40. The number of anilines is 1. The molecule has 2 aromatic rings. The number of hydrogen-bond acceptors (Lipinski definition) is 3. The van der Waals surface area contributed by atoms with Gasteiger partial charge in [-0.15, -0.1) is 0 Å². The highest BCUT2D eigenvalue weighted by molar-refractivity contribution is 9.10. The van der Waals surface area contributed by atoms with Crippen molar-refractivity contribution in [1.82, 2.24) is 5.16 Å². The van der Waals surface area contributed by atoms with Crippen molar-refractivity contribution in [2.75, 3.05) is 5.73 Å². The average molecular weight is 357 g/mol. The summed E-state index contributed by atoms with van der Waals surface area (Å²) in [7, 11) is 0. The van der Waals surface area contributed by atoms with Crippen molar-refractivity contribution in [2.45, 2.75) is 37.5 Å². The summed E-state index contributed by atoms with van der Waals surface area (Å²) in [6, 6.07) is 7.64. The number of halogens is 3. The van der Waals surface area contributed by atoms with Gasteiger partial charge in [0.15, 0.2) is 0 Å². The van der Waals surface area contributed by atoms with Crippen LogP contribution in [-0.2, 0) is 0 Å². The summed E-state index contributed by atoms with van der Waals surface area (Å²) in [5.74, 6) is -2.35. The molecule has 3 rings (SSSR count). The molecule has 112 valence electrons. The van der Waals surface area contributed by atoms with Gasteiger partial charge in [0, 0.05) is 23.2 Å². The maximum Gasteiger partial charge on any atom is 0.248 e. The van der Waals surface area contributed by atoms with Gasteiger partial charge in [0.2, 0.25) is 11.8 Å².